The quantitative estimate of drug-likeness (QED) is 0.845. The number of amides is 1. The Morgan fingerprint density at radius 1 is 1.12 bits per heavy atom. The number of aromatic nitrogens is 3. The molecular formula is C17H22N6O. The van der Waals surface area contributed by atoms with Crippen molar-refractivity contribution in [1.29, 1.82) is 0 Å². The third-order valence-corrected chi connectivity index (χ3v) is 4.19. The van der Waals surface area contributed by atoms with Gasteiger partial charge in [0.25, 0.3) is 5.91 Å². The summed E-state index contributed by atoms with van der Waals surface area (Å²) in [6.07, 6.45) is 5.22. The van der Waals surface area contributed by atoms with Crippen LogP contribution in [0.2, 0.25) is 0 Å². The molecule has 0 unspecified atom stereocenters. The van der Waals surface area contributed by atoms with Crippen molar-refractivity contribution in [3.8, 4) is 0 Å². The fourth-order valence-corrected chi connectivity index (χ4v) is 2.77. The second-order valence-electron chi connectivity index (χ2n) is 6.05. The molecule has 126 valence electrons. The SMILES string of the molecule is Cc1nc(N(C)C)ncc1C(=O)N1CCN(c2ccncc2)CC1. The van der Waals surface area contributed by atoms with Crippen molar-refractivity contribution in [3.05, 3.63) is 42.0 Å². The molecular weight excluding hydrogens is 304 g/mol. The van der Waals surface area contributed by atoms with Gasteiger partial charge in [0.2, 0.25) is 5.95 Å². The lowest BCUT2D eigenvalue weighted by molar-refractivity contribution is 0.0745. The van der Waals surface area contributed by atoms with Crippen LogP contribution in [-0.2, 0) is 0 Å². The lowest BCUT2D eigenvalue weighted by Gasteiger charge is -2.36. The van der Waals surface area contributed by atoms with Crippen LogP contribution in [0, 0.1) is 6.92 Å². The van der Waals surface area contributed by atoms with Crippen molar-refractivity contribution in [1.82, 2.24) is 19.9 Å². The van der Waals surface area contributed by atoms with Crippen molar-refractivity contribution < 1.29 is 4.79 Å². The zero-order valence-corrected chi connectivity index (χ0v) is 14.3. The zero-order chi connectivity index (χ0) is 17.1. The summed E-state index contributed by atoms with van der Waals surface area (Å²) in [7, 11) is 3.77. The van der Waals surface area contributed by atoms with Gasteiger partial charge >= 0.3 is 0 Å². The van der Waals surface area contributed by atoms with Gasteiger partial charge in [-0.05, 0) is 19.1 Å². The molecule has 1 fully saturated rings. The Bertz CT molecular complexity index is 710. The fraction of sp³-hybridized carbons (Fsp3) is 0.412. The van der Waals surface area contributed by atoms with E-state index in [9.17, 15) is 4.79 Å². The maximum atomic E-state index is 12.7. The first kappa shape index (κ1) is 16.2. The molecule has 24 heavy (non-hydrogen) atoms. The molecule has 0 aliphatic carbocycles. The number of rotatable bonds is 3. The third-order valence-electron chi connectivity index (χ3n) is 4.19. The summed E-state index contributed by atoms with van der Waals surface area (Å²) in [5.74, 6) is 0.624. The van der Waals surface area contributed by atoms with Gasteiger partial charge in [0.05, 0.1) is 11.3 Å². The van der Waals surface area contributed by atoms with Gasteiger partial charge in [-0.15, -0.1) is 0 Å². The van der Waals surface area contributed by atoms with E-state index in [0.29, 0.717) is 24.6 Å². The van der Waals surface area contributed by atoms with Gasteiger partial charge in [-0.2, -0.15) is 0 Å². The molecule has 0 atom stereocenters. The summed E-state index contributed by atoms with van der Waals surface area (Å²) < 4.78 is 0. The average molecular weight is 326 g/mol. The molecule has 1 aliphatic rings. The summed E-state index contributed by atoms with van der Waals surface area (Å²) in [4.78, 5) is 31.4. The highest BCUT2D eigenvalue weighted by Crippen LogP contribution is 2.17. The first-order valence-electron chi connectivity index (χ1n) is 8.01. The first-order chi connectivity index (χ1) is 11.6. The monoisotopic (exact) mass is 326 g/mol. The van der Waals surface area contributed by atoms with Gasteiger partial charge in [0.1, 0.15) is 0 Å². The van der Waals surface area contributed by atoms with E-state index in [1.165, 1.54) is 0 Å². The number of hydrogen-bond acceptors (Lipinski definition) is 6. The van der Waals surface area contributed by atoms with Crippen LogP contribution in [0.25, 0.3) is 0 Å². The maximum Gasteiger partial charge on any atom is 0.257 e. The molecule has 2 aromatic heterocycles. The van der Waals surface area contributed by atoms with Crippen LogP contribution in [0.15, 0.2) is 30.7 Å². The van der Waals surface area contributed by atoms with Crippen molar-refractivity contribution in [3.63, 3.8) is 0 Å². The molecule has 1 saturated heterocycles. The number of aryl methyl sites for hydroxylation is 1. The van der Waals surface area contributed by atoms with Crippen molar-refractivity contribution >= 4 is 17.5 Å². The molecule has 7 heteroatoms. The Balaban J connectivity index is 1.67. The minimum atomic E-state index is 0.00665. The lowest BCUT2D eigenvalue weighted by Crippen LogP contribution is -2.49. The number of hydrogen-bond donors (Lipinski definition) is 0. The molecule has 3 heterocycles. The highest BCUT2D eigenvalue weighted by Gasteiger charge is 2.24. The standard InChI is InChI=1S/C17H22N6O/c1-13-15(12-19-17(20-13)21(2)3)16(24)23-10-8-22(9-11-23)14-4-6-18-7-5-14/h4-7,12H,8-11H2,1-3H3. The van der Waals surface area contributed by atoms with E-state index in [-0.39, 0.29) is 5.91 Å². The van der Waals surface area contributed by atoms with Gasteiger partial charge < -0.3 is 14.7 Å². The molecule has 7 nitrogen and oxygen atoms in total. The smallest absolute Gasteiger partial charge is 0.257 e. The highest BCUT2D eigenvalue weighted by molar-refractivity contribution is 5.95. The van der Waals surface area contributed by atoms with Gasteiger partial charge in [-0.25, -0.2) is 9.97 Å². The van der Waals surface area contributed by atoms with Crippen molar-refractivity contribution in [2.24, 2.45) is 0 Å². The van der Waals surface area contributed by atoms with Crippen LogP contribution in [0.3, 0.4) is 0 Å². The topological polar surface area (TPSA) is 65.5 Å². The second kappa shape index (κ2) is 6.82. The first-order valence-corrected chi connectivity index (χ1v) is 8.01. The summed E-state index contributed by atoms with van der Waals surface area (Å²) in [6, 6.07) is 3.99. The Morgan fingerprint density at radius 3 is 2.38 bits per heavy atom. The number of nitrogens with zero attached hydrogens (tertiary/aromatic N) is 6. The minimum absolute atomic E-state index is 0.00665. The molecule has 0 saturated carbocycles. The maximum absolute atomic E-state index is 12.7. The number of pyridine rings is 1. The van der Waals surface area contributed by atoms with Gasteiger partial charge in [0.15, 0.2) is 0 Å². The summed E-state index contributed by atoms with van der Waals surface area (Å²) in [5, 5.41) is 0. The average Bonchev–Trinajstić information content (AvgIpc) is 2.62. The van der Waals surface area contributed by atoms with Crippen LogP contribution in [-0.4, -0.2) is 66.0 Å². The van der Waals surface area contributed by atoms with Crippen LogP contribution in [0.5, 0.6) is 0 Å². The van der Waals surface area contributed by atoms with E-state index in [1.807, 2.05) is 43.0 Å². The largest absolute Gasteiger partial charge is 0.368 e. The summed E-state index contributed by atoms with van der Waals surface area (Å²) in [6.45, 7) is 4.86. The van der Waals surface area contributed by atoms with E-state index < -0.39 is 0 Å². The molecule has 2 aromatic rings. The van der Waals surface area contributed by atoms with E-state index in [4.69, 9.17) is 0 Å². The van der Waals surface area contributed by atoms with Crippen LogP contribution in [0.4, 0.5) is 11.6 Å². The molecule has 0 bridgehead atoms. The highest BCUT2D eigenvalue weighted by atomic mass is 16.2. The number of piperazine rings is 1. The Kier molecular flexibility index (Phi) is 4.59. The van der Waals surface area contributed by atoms with Gasteiger partial charge in [-0.3, -0.25) is 9.78 Å². The Labute approximate surface area is 142 Å². The van der Waals surface area contributed by atoms with E-state index in [2.05, 4.69) is 19.9 Å². The van der Waals surface area contributed by atoms with E-state index in [1.54, 1.807) is 18.6 Å². The molecule has 3 rings (SSSR count). The Hall–Kier alpha value is -2.70. The molecule has 0 N–H and O–H groups in total. The zero-order valence-electron chi connectivity index (χ0n) is 14.3. The predicted octanol–water partition coefficient (Wildman–Crippen LogP) is 1.21. The van der Waals surface area contributed by atoms with Crippen molar-refractivity contribution in [2.45, 2.75) is 6.92 Å². The number of carbonyl (C=O) groups is 1. The van der Waals surface area contributed by atoms with E-state index >= 15 is 0 Å². The van der Waals surface area contributed by atoms with Gasteiger partial charge in [0, 0.05) is 64.6 Å². The number of anilines is 2. The molecule has 1 amide bonds. The summed E-state index contributed by atoms with van der Waals surface area (Å²) >= 11 is 0. The second-order valence-corrected chi connectivity index (χ2v) is 6.05. The molecule has 1 aliphatic heterocycles. The predicted molar refractivity (Wildman–Crippen MR) is 93.4 cm³/mol. The van der Waals surface area contributed by atoms with Crippen LogP contribution >= 0.6 is 0 Å². The molecule has 0 radical (unpaired) electrons. The third kappa shape index (κ3) is 3.29. The summed E-state index contributed by atoms with van der Waals surface area (Å²) in [5.41, 5.74) is 2.44. The van der Waals surface area contributed by atoms with Crippen LogP contribution in [0.1, 0.15) is 16.1 Å². The number of carbonyl (C=O) groups excluding carboxylic acids is 1. The minimum Gasteiger partial charge on any atom is -0.368 e. The Morgan fingerprint density at radius 2 is 1.79 bits per heavy atom. The van der Waals surface area contributed by atoms with Gasteiger partial charge in [-0.1, -0.05) is 0 Å². The van der Waals surface area contributed by atoms with Crippen LogP contribution < -0.4 is 9.80 Å². The van der Waals surface area contributed by atoms with Crippen molar-refractivity contribution in [2.75, 3.05) is 50.1 Å². The fourth-order valence-electron chi connectivity index (χ4n) is 2.77. The molecule has 0 aromatic carbocycles. The molecule has 0 spiro atoms. The van der Waals surface area contributed by atoms with E-state index in [0.717, 1.165) is 24.5 Å². The lowest BCUT2D eigenvalue weighted by atomic mass is 10.2. The normalized spacial score (nSPS) is 14.6.